The lowest BCUT2D eigenvalue weighted by Crippen LogP contribution is -2.28. The molecule has 0 aromatic carbocycles. The van der Waals surface area contributed by atoms with Crippen LogP contribution in [0.25, 0.3) is 0 Å². The molecule has 0 saturated heterocycles. The van der Waals surface area contributed by atoms with Gasteiger partial charge in [-0.3, -0.25) is 9.59 Å². The van der Waals surface area contributed by atoms with Crippen LogP contribution < -0.4 is 10.9 Å². The van der Waals surface area contributed by atoms with Crippen molar-refractivity contribution >= 4 is 23.3 Å². The van der Waals surface area contributed by atoms with E-state index in [1.807, 2.05) is 0 Å². The molecule has 1 aromatic rings. The molecule has 21 heavy (non-hydrogen) atoms. The Hall–Kier alpha value is -1.77. The molecule has 6 nitrogen and oxygen atoms in total. The summed E-state index contributed by atoms with van der Waals surface area (Å²) in [6.45, 7) is -0.412. The topological polar surface area (TPSA) is 73.2 Å². The minimum atomic E-state index is -4.23. The fraction of sp³-hybridized carbons (Fsp3) is 0.545. The number of rotatable bonds is 6. The quantitative estimate of drug-likeness (QED) is 0.637. The van der Waals surface area contributed by atoms with Crippen LogP contribution in [0.1, 0.15) is 12.8 Å². The fourth-order valence-corrected chi connectivity index (χ4v) is 1.61. The lowest BCUT2D eigenvalue weighted by Gasteiger charge is -2.10. The molecule has 118 valence electrons. The van der Waals surface area contributed by atoms with Crippen LogP contribution in [0.4, 0.5) is 18.9 Å². The van der Waals surface area contributed by atoms with Crippen molar-refractivity contribution in [2.24, 2.45) is 0 Å². The summed E-state index contributed by atoms with van der Waals surface area (Å²) in [6.07, 6.45) is -4.16. The number of hydrogen-bond acceptors (Lipinski definition) is 5. The highest BCUT2D eigenvalue weighted by atomic mass is 35.5. The Morgan fingerprint density at radius 1 is 1.52 bits per heavy atom. The second kappa shape index (κ2) is 7.30. The Balaban J connectivity index is 2.67. The molecule has 0 radical (unpaired) electrons. The molecule has 0 amide bonds. The number of esters is 1. The minimum absolute atomic E-state index is 0.0125. The summed E-state index contributed by atoms with van der Waals surface area (Å²) >= 11 is 5.78. The van der Waals surface area contributed by atoms with Gasteiger partial charge < -0.3 is 10.1 Å². The van der Waals surface area contributed by atoms with Crippen molar-refractivity contribution in [3.05, 3.63) is 21.6 Å². The first kappa shape index (κ1) is 17.3. The SMILES string of the molecule is COC(=O)Cn1ncc(NCCCC(F)(F)F)c(Cl)c1=O. The third-order valence-electron chi connectivity index (χ3n) is 2.44. The van der Waals surface area contributed by atoms with Crippen LogP contribution in [0, 0.1) is 0 Å². The van der Waals surface area contributed by atoms with E-state index in [9.17, 15) is 22.8 Å². The normalized spacial score (nSPS) is 11.3. The van der Waals surface area contributed by atoms with Gasteiger partial charge in [0.25, 0.3) is 5.56 Å². The van der Waals surface area contributed by atoms with Gasteiger partial charge in [0.05, 0.1) is 19.0 Å². The molecule has 0 saturated carbocycles. The predicted octanol–water partition coefficient (Wildman–Crippen LogP) is 1.82. The van der Waals surface area contributed by atoms with Crippen LogP contribution in [0.3, 0.4) is 0 Å². The van der Waals surface area contributed by atoms with Crippen molar-refractivity contribution in [2.75, 3.05) is 19.0 Å². The molecule has 0 bridgehead atoms. The average Bonchev–Trinajstić information content (AvgIpc) is 2.40. The summed E-state index contributed by atoms with van der Waals surface area (Å²) in [5.74, 6) is -0.674. The molecular formula is C11H13ClF3N3O3. The molecule has 10 heteroatoms. The standard InChI is InChI=1S/C11H13ClF3N3O3/c1-21-8(19)6-18-10(20)9(12)7(5-17-18)16-4-2-3-11(13,14)15/h5,16H,2-4,6H2,1H3. The van der Waals surface area contributed by atoms with Crippen LogP contribution in [0.2, 0.25) is 5.02 Å². The Morgan fingerprint density at radius 3 is 2.76 bits per heavy atom. The van der Waals surface area contributed by atoms with Gasteiger partial charge >= 0.3 is 12.1 Å². The highest BCUT2D eigenvalue weighted by Gasteiger charge is 2.25. The molecule has 0 aliphatic heterocycles. The lowest BCUT2D eigenvalue weighted by atomic mass is 10.3. The molecule has 0 aliphatic rings. The summed E-state index contributed by atoms with van der Waals surface area (Å²) in [5, 5.41) is 6.04. The van der Waals surface area contributed by atoms with E-state index in [-0.39, 0.29) is 23.7 Å². The molecule has 1 N–H and O–H groups in total. The van der Waals surface area contributed by atoms with Gasteiger partial charge in [-0.15, -0.1) is 0 Å². The monoisotopic (exact) mass is 327 g/mol. The van der Waals surface area contributed by atoms with E-state index in [0.29, 0.717) is 0 Å². The first-order valence-electron chi connectivity index (χ1n) is 5.87. The number of nitrogens with one attached hydrogen (secondary N) is 1. The van der Waals surface area contributed by atoms with Gasteiger partial charge in [0, 0.05) is 13.0 Å². The summed E-state index contributed by atoms with van der Waals surface area (Å²) in [5.41, 5.74) is -0.618. The van der Waals surface area contributed by atoms with E-state index < -0.39 is 30.7 Å². The zero-order chi connectivity index (χ0) is 16.0. The van der Waals surface area contributed by atoms with E-state index in [1.54, 1.807) is 0 Å². The predicted molar refractivity (Wildman–Crippen MR) is 69.3 cm³/mol. The van der Waals surface area contributed by atoms with Crippen molar-refractivity contribution in [1.29, 1.82) is 0 Å². The smallest absolute Gasteiger partial charge is 0.389 e. The van der Waals surface area contributed by atoms with E-state index >= 15 is 0 Å². The van der Waals surface area contributed by atoms with Crippen LogP contribution >= 0.6 is 11.6 Å². The number of methoxy groups -OCH3 is 1. The summed E-state index contributed by atoms with van der Waals surface area (Å²) in [4.78, 5) is 22.8. The molecule has 0 spiro atoms. The Labute approximate surface area is 122 Å². The van der Waals surface area contributed by atoms with Crippen LogP contribution in [-0.2, 0) is 16.1 Å². The Kier molecular flexibility index (Phi) is 6.01. The van der Waals surface area contributed by atoms with Crippen LogP contribution in [0.15, 0.2) is 11.0 Å². The van der Waals surface area contributed by atoms with Gasteiger partial charge in [-0.2, -0.15) is 18.3 Å². The second-order valence-corrected chi connectivity index (χ2v) is 4.43. The molecular weight excluding hydrogens is 315 g/mol. The number of alkyl halides is 3. The number of nitrogens with zero attached hydrogens (tertiary/aromatic N) is 2. The minimum Gasteiger partial charge on any atom is -0.468 e. The molecule has 1 heterocycles. The molecule has 0 aliphatic carbocycles. The number of anilines is 1. The average molecular weight is 328 g/mol. The maximum atomic E-state index is 12.0. The molecule has 0 unspecified atom stereocenters. The molecule has 1 aromatic heterocycles. The van der Waals surface area contributed by atoms with E-state index in [1.165, 1.54) is 6.20 Å². The van der Waals surface area contributed by atoms with E-state index in [0.717, 1.165) is 11.8 Å². The Morgan fingerprint density at radius 2 is 2.19 bits per heavy atom. The van der Waals surface area contributed by atoms with Crippen molar-refractivity contribution in [2.45, 2.75) is 25.6 Å². The van der Waals surface area contributed by atoms with Gasteiger partial charge in [0.2, 0.25) is 0 Å². The molecule has 0 fully saturated rings. The third-order valence-corrected chi connectivity index (χ3v) is 2.81. The zero-order valence-corrected chi connectivity index (χ0v) is 11.8. The Bertz CT molecular complexity index is 560. The van der Waals surface area contributed by atoms with Crippen molar-refractivity contribution < 1.29 is 22.7 Å². The van der Waals surface area contributed by atoms with E-state index in [4.69, 9.17) is 11.6 Å². The highest BCUT2D eigenvalue weighted by molar-refractivity contribution is 6.32. The van der Waals surface area contributed by atoms with Gasteiger partial charge in [-0.25, -0.2) is 4.68 Å². The zero-order valence-electron chi connectivity index (χ0n) is 11.0. The van der Waals surface area contributed by atoms with E-state index in [2.05, 4.69) is 15.2 Å². The number of halogens is 4. The van der Waals surface area contributed by atoms with Gasteiger partial charge in [0.1, 0.15) is 11.6 Å². The van der Waals surface area contributed by atoms with Crippen molar-refractivity contribution in [1.82, 2.24) is 9.78 Å². The van der Waals surface area contributed by atoms with Crippen LogP contribution in [0.5, 0.6) is 0 Å². The second-order valence-electron chi connectivity index (χ2n) is 4.06. The van der Waals surface area contributed by atoms with Crippen LogP contribution in [-0.4, -0.2) is 35.6 Å². The van der Waals surface area contributed by atoms with Crippen molar-refractivity contribution in [3.8, 4) is 0 Å². The van der Waals surface area contributed by atoms with Gasteiger partial charge in [0.15, 0.2) is 0 Å². The van der Waals surface area contributed by atoms with Gasteiger partial charge in [-0.05, 0) is 6.42 Å². The fourth-order valence-electron chi connectivity index (χ4n) is 1.40. The number of carbonyl (C=O) groups excluding carboxylic acids is 1. The number of aromatic nitrogens is 2. The maximum Gasteiger partial charge on any atom is 0.389 e. The molecule has 1 rings (SSSR count). The van der Waals surface area contributed by atoms with Crippen molar-refractivity contribution in [3.63, 3.8) is 0 Å². The summed E-state index contributed by atoms with van der Waals surface area (Å²) in [6, 6.07) is 0. The first-order chi connectivity index (χ1) is 9.74. The first-order valence-corrected chi connectivity index (χ1v) is 6.25. The summed E-state index contributed by atoms with van der Waals surface area (Å²) in [7, 11) is 1.16. The largest absolute Gasteiger partial charge is 0.468 e. The molecule has 0 atom stereocenters. The van der Waals surface area contributed by atoms with Gasteiger partial charge in [-0.1, -0.05) is 11.6 Å². The number of ether oxygens (including phenoxy) is 1. The maximum absolute atomic E-state index is 12.0. The third kappa shape index (κ3) is 5.62. The highest BCUT2D eigenvalue weighted by Crippen LogP contribution is 2.21. The number of carbonyl (C=O) groups is 1. The lowest BCUT2D eigenvalue weighted by molar-refractivity contribution is -0.141. The summed E-state index contributed by atoms with van der Waals surface area (Å²) < 4.78 is 41.1. The number of hydrogen-bond donors (Lipinski definition) is 1.